The Hall–Kier alpha value is -1.74. The maximum Gasteiger partial charge on any atom is 0.243 e. The van der Waals surface area contributed by atoms with E-state index in [9.17, 15) is 13.2 Å². The fraction of sp³-hybridized carbons (Fsp3) is 0.389. The second-order valence-electron chi connectivity index (χ2n) is 6.18. The quantitative estimate of drug-likeness (QED) is 0.817. The zero-order chi connectivity index (χ0) is 18.6. The van der Waals surface area contributed by atoms with Gasteiger partial charge in [-0.3, -0.25) is 4.79 Å². The molecule has 140 valence electrons. The van der Waals surface area contributed by atoms with E-state index in [0.29, 0.717) is 38.3 Å². The highest BCUT2D eigenvalue weighted by atomic mass is 32.2. The van der Waals surface area contributed by atoms with Gasteiger partial charge in [0.1, 0.15) is 0 Å². The molecule has 26 heavy (non-hydrogen) atoms. The first-order valence-corrected chi connectivity index (χ1v) is 10.8. The van der Waals surface area contributed by atoms with Gasteiger partial charge in [-0.25, -0.2) is 8.42 Å². The number of hydrogen-bond acceptors (Lipinski definition) is 5. The molecule has 1 amide bonds. The van der Waals surface area contributed by atoms with Crippen LogP contribution in [0.4, 0.5) is 5.69 Å². The second kappa shape index (κ2) is 8.30. The van der Waals surface area contributed by atoms with E-state index < -0.39 is 10.0 Å². The van der Waals surface area contributed by atoms with Crippen molar-refractivity contribution in [3.63, 3.8) is 0 Å². The summed E-state index contributed by atoms with van der Waals surface area (Å²) in [5.41, 5.74) is 0.576. The largest absolute Gasteiger partial charge is 0.381 e. The third-order valence-corrected chi connectivity index (χ3v) is 7.04. The topological polar surface area (TPSA) is 75.7 Å². The fourth-order valence-corrected chi connectivity index (χ4v) is 5.44. The molecule has 1 saturated heterocycles. The van der Waals surface area contributed by atoms with Crippen molar-refractivity contribution >= 4 is 33.0 Å². The molecule has 1 aliphatic heterocycles. The highest BCUT2D eigenvalue weighted by Crippen LogP contribution is 2.27. The molecule has 0 bridgehead atoms. The molecular weight excluding hydrogens is 372 g/mol. The van der Waals surface area contributed by atoms with E-state index in [2.05, 4.69) is 5.32 Å². The van der Waals surface area contributed by atoms with Crippen molar-refractivity contribution < 1.29 is 17.9 Å². The van der Waals surface area contributed by atoms with E-state index in [0.717, 1.165) is 4.88 Å². The van der Waals surface area contributed by atoms with Gasteiger partial charge in [-0.05, 0) is 48.6 Å². The molecule has 8 heteroatoms. The average Bonchev–Trinajstić information content (AvgIpc) is 3.13. The monoisotopic (exact) mass is 394 g/mol. The van der Waals surface area contributed by atoms with Gasteiger partial charge in [-0.15, -0.1) is 11.3 Å². The summed E-state index contributed by atoms with van der Waals surface area (Å²) in [7, 11) is -3.65. The molecule has 1 fully saturated rings. The van der Waals surface area contributed by atoms with Crippen LogP contribution in [-0.2, 0) is 26.1 Å². The van der Waals surface area contributed by atoms with Crippen LogP contribution in [0, 0.1) is 0 Å². The Kier molecular flexibility index (Phi) is 6.08. The second-order valence-corrected chi connectivity index (χ2v) is 9.10. The van der Waals surface area contributed by atoms with Crippen molar-refractivity contribution in [3.05, 3.63) is 46.7 Å². The fourth-order valence-electron chi connectivity index (χ4n) is 2.99. The third-order valence-electron chi connectivity index (χ3n) is 4.27. The minimum Gasteiger partial charge on any atom is -0.381 e. The third kappa shape index (κ3) is 4.50. The van der Waals surface area contributed by atoms with Crippen LogP contribution in [0.5, 0.6) is 0 Å². The standard InChI is InChI=1S/C18H22N2O4S2/c1-14(21)19-15-4-6-18(7-5-15)26(22,23)20(13-17-3-2-12-25-17)16-8-10-24-11-9-16/h2-7,12,16H,8-11,13H2,1H3,(H,19,21). The van der Waals surface area contributed by atoms with E-state index in [1.165, 1.54) is 6.92 Å². The summed E-state index contributed by atoms with van der Waals surface area (Å²) in [6, 6.07) is 10.1. The molecule has 0 spiro atoms. The van der Waals surface area contributed by atoms with E-state index in [1.54, 1.807) is 39.9 Å². The highest BCUT2D eigenvalue weighted by Gasteiger charge is 2.33. The zero-order valence-corrected chi connectivity index (χ0v) is 16.2. The van der Waals surface area contributed by atoms with Crippen LogP contribution in [0.3, 0.4) is 0 Å². The van der Waals surface area contributed by atoms with Crippen molar-refractivity contribution in [1.29, 1.82) is 0 Å². The van der Waals surface area contributed by atoms with Gasteiger partial charge in [0, 0.05) is 43.3 Å². The molecule has 0 atom stereocenters. The number of sulfonamides is 1. The van der Waals surface area contributed by atoms with Gasteiger partial charge >= 0.3 is 0 Å². The first kappa shape index (κ1) is 19.0. The van der Waals surface area contributed by atoms with Crippen molar-refractivity contribution in [3.8, 4) is 0 Å². The van der Waals surface area contributed by atoms with Crippen molar-refractivity contribution in [2.75, 3.05) is 18.5 Å². The van der Waals surface area contributed by atoms with Gasteiger partial charge < -0.3 is 10.1 Å². The highest BCUT2D eigenvalue weighted by molar-refractivity contribution is 7.89. The Morgan fingerprint density at radius 3 is 2.50 bits per heavy atom. The molecule has 3 rings (SSSR count). The number of benzene rings is 1. The lowest BCUT2D eigenvalue weighted by Gasteiger charge is -2.33. The summed E-state index contributed by atoms with van der Waals surface area (Å²) in [5.74, 6) is -0.192. The van der Waals surface area contributed by atoms with Crippen LogP contribution < -0.4 is 5.32 Å². The molecule has 1 N–H and O–H groups in total. The van der Waals surface area contributed by atoms with Crippen LogP contribution in [0.25, 0.3) is 0 Å². The number of carbonyl (C=O) groups is 1. The van der Waals surface area contributed by atoms with E-state index in [4.69, 9.17) is 4.74 Å². The number of amides is 1. The molecular formula is C18H22N2O4S2. The van der Waals surface area contributed by atoms with Crippen molar-refractivity contribution in [2.45, 2.75) is 37.2 Å². The SMILES string of the molecule is CC(=O)Nc1ccc(S(=O)(=O)N(Cc2cccs2)C2CCOCC2)cc1. The first-order chi connectivity index (χ1) is 12.5. The zero-order valence-electron chi connectivity index (χ0n) is 14.6. The number of rotatable bonds is 6. The average molecular weight is 395 g/mol. The van der Waals surface area contributed by atoms with Crippen molar-refractivity contribution in [1.82, 2.24) is 4.31 Å². The molecule has 2 aromatic rings. The lowest BCUT2D eigenvalue weighted by atomic mass is 10.1. The number of nitrogens with one attached hydrogen (secondary N) is 1. The molecule has 0 unspecified atom stereocenters. The molecule has 1 aromatic carbocycles. The Labute approximate surface area is 157 Å². The van der Waals surface area contributed by atoms with Crippen LogP contribution in [0.15, 0.2) is 46.7 Å². The number of ether oxygens (including phenoxy) is 1. The Balaban J connectivity index is 1.88. The number of carbonyl (C=O) groups excluding carboxylic acids is 1. The minimum absolute atomic E-state index is 0.0779. The van der Waals surface area contributed by atoms with Crippen LogP contribution in [-0.4, -0.2) is 37.9 Å². The Bertz CT molecular complexity index is 827. The molecule has 0 aliphatic carbocycles. The normalized spacial score (nSPS) is 15.9. The smallest absolute Gasteiger partial charge is 0.243 e. The summed E-state index contributed by atoms with van der Waals surface area (Å²) in [4.78, 5) is 12.4. The summed E-state index contributed by atoms with van der Waals surface area (Å²) >= 11 is 1.55. The van der Waals surface area contributed by atoms with E-state index in [1.807, 2.05) is 17.5 Å². The predicted molar refractivity (Wildman–Crippen MR) is 102 cm³/mol. The molecule has 2 heterocycles. The van der Waals surface area contributed by atoms with E-state index in [-0.39, 0.29) is 16.8 Å². The number of thiophene rings is 1. The van der Waals surface area contributed by atoms with Crippen LogP contribution in [0.1, 0.15) is 24.6 Å². The summed E-state index contributed by atoms with van der Waals surface area (Å²) in [6.07, 6.45) is 1.38. The Morgan fingerprint density at radius 1 is 1.23 bits per heavy atom. The molecule has 0 radical (unpaired) electrons. The van der Waals surface area contributed by atoms with Gasteiger partial charge in [0.15, 0.2) is 0 Å². The lowest BCUT2D eigenvalue weighted by Crippen LogP contribution is -2.42. The molecule has 6 nitrogen and oxygen atoms in total. The van der Waals surface area contributed by atoms with Gasteiger partial charge in [-0.2, -0.15) is 4.31 Å². The van der Waals surface area contributed by atoms with Gasteiger partial charge in [-0.1, -0.05) is 6.07 Å². The molecule has 1 aromatic heterocycles. The number of hydrogen-bond donors (Lipinski definition) is 1. The molecule has 0 saturated carbocycles. The first-order valence-electron chi connectivity index (χ1n) is 8.46. The maximum absolute atomic E-state index is 13.3. The van der Waals surface area contributed by atoms with Crippen molar-refractivity contribution in [2.24, 2.45) is 0 Å². The Morgan fingerprint density at radius 2 is 1.92 bits per heavy atom. The maximum atomic E-state index is 13.3. The summed E-state index contributed by atoms with van der Waals surface area (Å²) in [5, 5.41) is 4.60. The van der Waals surface area contributed by atoms with Crippen LogP contribution >= 0.6 is 11.3 Å². The summed E-state index contributed by atoms with van der Waals surface area (Å²) < 4.78 is 33.6. The molecule has 1 aliphatic rings. The van der Waals surface area contributed by atoms with Gasteiger partial charge in [0.25, 0.3) is 0 Å². The van der Waals surface area contributed by atoms with Gasteiger partial charge in [0.05, 0.1) is 4.90 Å². The lowest BCUT2D eigenvalue weighted by molar-refractivity contribution is -0.114. The summed E-state index contributed by atoms with van der Waals surface area (Å²) in [6.45, 7) is 2.92. The van der Waals surface area contributed by atoms with E-state index >= 15 is 0 Å². The van der Waals surface area contributed by atoms with Crippen LogP contribution in [0.2, 0.25) is 0 Å². The minimum atomic E-state index is -3.65. The number of anilines is 1. The predicted octanol–water partition coefficient (Wildman–Crippen LogP) is 3.08. The number of nitrogens with zero attached hydrogens (tertiary/aromatic N) is 1. The van der Waals surface area contributed by atoms with Gasteiger partial charge in [0.2, 0.25) is 15.9 Å².